The minimum Gasteiger partial charge on any atom is -0.326 e. The van der Waals surface area contributed by atoms with E-state index in [1.54, 1.807) is 0 Å². The molecule has 0 saturated heterocycles. The van der Waals surface area contributed by atoms with Gasteiger partial charge in [0, 0.05) is 18.1 Å². The predicted octanol–water partition coefficient (Wildman–Crippen LogP) is 1.48. The summed E-state index contributed by atoms with van der Waals surface area (Å²) in [6.45, 7) is 9.41. The number of nitrogens with zero attached hydrogens (tertiary/aromatic N) is 1. The predicted molar refractivity (Wildman–Crippen MR) is 58.1 cm³/mol. The molecule has 1 atom stereocenters. The quantitative estimate of drug-likeness (QED) is 0.489. The highest BCUT2D eigenvalue weighted by molar-refractivity contribution is 4.93. The van der Waals surface area contributed by atoms with Crippen molar-refractivity contribution in [3.63, 3.8) is 0 Å². The van der Waals surface area contributed by atoms with Crippen LogP contribution in [0.4, 0.5) is 0 Å². The first-order valence-corrected chi connectivity index (χ1v) is 5.33. The topological polar surface area (TPSA) is 55.3 Å². The van der Waals surface area contributed by atoms with Gasteiger partial charge in [0.1, 0.15) is 0 Å². The Morgan fingerprint density at radius 2 is 1.69 bits per heavy atom. The van der Waals surface area contributed by atoms with Crippen LogP contribution in [-0.4, -0.2) is 23.1 Å². The Morgan fingerprint density at radius 1 is 1.23 bits per heavy atom. The smallest absolute Gasteiger partial charge is 0.0494 e. The van der Waals surface area contributed by atoms with Crippen molar-refractivity contribution in [3.8, 4) is 0 Å². The molecule has 0 bridgehead atoms. The van der Waals surface area contributed by atoms with Gasteiger partial charge in [0.2, 0.25) is 0 Å². The molecule has 80 valence electrons. The van der Waals surface area contributed by atoms with Crippen LogP contribution < -0.4 is 11.6 Å². The van der Waals surface area contributed by atoms with Gasteiger partial charge in [-0.25, -0.2) is 5.01 Å². The third kappa shape index (κ3) is 2.66. The molecule has 3 heteroatoms. The van der Waals surface area contributed by atoms with Crippen molar-refractivity contribution in [3.05, 3.63) is 0 Å². The minimum atomic E-state index is -0.0178. The maximum absolute atomic E-state index is 6.04. The SMILES string of the molecule is CCCN(N)C(CC)(CC)C(C)N. The van der Waals surface area contributed by atoms with Gasteiger partial charge in [-0.05, 0) is 26.2 Å². The molecule has 13 heavy (non-hydrogen) atoms. The molecule has 0 aliphatic heterocycles. The van der Waals surface area contributed by atoms with Gasteiger partial charge in [-0.15, -0.1) is 0 Å². The number of rotatable bonds is 6. The molecule has 0 amide bonds. The van der Waals surface area contributed by atoms with Gasteiger partial charge in [-0.2, -0.15) is 0 Å². The van der Waals surface area contributed by atoms with Gasteiger partial charge in [0.15, 0.2) is 0 Å². The lowest BCUT2D eigenvalue weighted by molar-refractivity contribution is 0.0576. The van der Waals surface area contributed by atoms with Gasteiger partial charge < -0.3 is 5.73 Å². The summed E-state index contributed by atoms with van der Waals surface area (Å²) < 4.78 is 0. The number of nitrogens with two attached hydrogens (primary N) is 2. The second kappa shape index (κ2) is 5.58. The summed E-state index contributed by atoms with van der Waals surface area (Å²) in [7, 11) is 0. The van der Waals surface area contributed by atoms with Gasteiger partial charge >= 0.3 is 0 Å². The lowest BCUT2D eigenvalue weighted by Gasteiger charge is -2.43. The van der Waals surface area contributed by atoms with E-state index in [4.69, 9.17) is 11.6 Å². The van der Waals surface area contributed by atoms with E-state index < -0.39 is 0 Å². The van der Waals surface area contributed by atoms with Crippen LogP contribution in [-0.2, 0) is 0 Å². The minimum absolute atomic E-state index is 0.0178. The molecule has 0 fully saturated rings. The molecule has 0 aromatic rings. The fourth-order valence-electron chi connectivity index (χ4n) is 2.03. The molecule has 0 radical (unpaired) electrons. The fourth-order valence-corrected chi connectivity index (χ4v) is 2.03. The molecule has 1 unspecified atom stereocenters. The molecule has 3 nitrogen and oxygen atoms in total. The average Bonchev–Trinajstić information content (AvgIpc) is 2.07. The van der Waals surface area contributed by atoms with Gasteiger partial charge in [-0.3, -0.25) is 5.84 Å². The van der Waals surface area contributed by atoms with E-state index in [2.05, 4.69) is 20.8 Å². The molecule has 0 spiro atoms. The molecule has 0 heterocycles. The standard InChI is InChI=1S/C10H25N3/c1-5-8-13(12)10(6-2,7-3)9(4)11/h9H,5-8,11-12H2,1-4H3. The van der Waals surface area contributed by atoms with Crippen LogP contribution in [0, 0.1) is 0 Å². The Hall–Kier alpha value is -0.120. The van der Waals surface area contributed by atoms with Crippen molar-refractivity contribution in [2.75, 3.05) is 6.54 Å². The highest BCUT2D eigenvalue weighted by atomic mass is 15.4. The summed E-state index contributed by atoms with van der Waals surface area (Å²) in [6.07, 6.45) is 3.10. The second-order valence-electron chi connectivity index (χ2n) is 3.79. The molecular formula is C10H25N3. The van der Waals surface area contributed by atoms with Crippen LogP contribution >= 0.6 is 0 Å². The van der Waals surface area contributed by atoms with Crippen LogP contribution in [0.3, 0.4) is 0 Å². The molecule has 0 aromatic heterocycles. The van der Waals surface area contributed by atoms with E-state index in [-0.39, 0.29) is 11.6 Å². The zero-order chi connectivity index (χ0) is 10.5. The number of hydrogen-bond donors (Lipinski definition) is 2. The van der Waals surface area contributed by atoms with E-state index in [1.165, 1.54) is 0 Å². The highest BCUT2D eigenvalue weighted by Crippen LogP contribution is 2.24. The summed E-state index contributed by atoms with van der Waals surface area (Å²) >= 11 is 0. The molecule has 0 aliphatic carbocycles. The monoisotopic (exact) mass is 187 g/mol. The molecule has 0 aliphatic rings. The Kier molecular flexibility index (Phi) is 5.53. The third-order valence-electron chi connectivity index (χ3n) is 3.11. The first kappa shape index (κ1) is 12.9. The average molecular weight is 187 g/mol. The van der Waals surface area contributed by atoms with E-state index in [9.17, 15) is 0 Å². The van der Waals surface area contributed by atoms with Crippen LogP contribution in [0.2, 0.25) is 0 Å². The van der Waals surface area contributed by atoms with Crippen LogP contribution in [0.15, 0.2) is 0 Å². The number of hydrazine groups is 1. The normalized spacial score (nSPS) is 15.0. The summed E-state index contributed by atoms with van der Waals surface area (Å²) in [5, 5.41) is 1.93. The highest BCUT2D eigenvalue weighted by Gasteiger charge is 2.34. The van der Waals surface area contributed by atoms with Crippen molar-refractivity contribution < 1.29 is 0 Å². The zero-order valence-corrected chi connectivity index (χ0v) is 9.51. The lowest BCUT2D eigenvalue weighted by atomic mass is 9.85. The molecule has 4 N–H and O–H groups in total. The summed E-state index contributed by atoms with van der Waals surface area (Å²) in [4.78, 5) is 0. The Balaban J connectivity index is 4.54. The Bertz CT molecular complexity index is 130. The first-order valence-electron chi connectivity index (χ1n) is 5.33. The van der Waals surface area contributed by atoms with Crippen molar-refractivity contribution >= 4 is 0 Å². The van der Waals surface area contributed by atoms with Gasteiger partial charge in [-0.1, -0.05) is 20.8 Å². The summed E-state index contributed by atoms with van der Waals surface area (Å²) in [5.41, 5.74) is 5.98. The molecule has 0 rings (SSSR count). The maximum atomic E-state index is 6.04. The molecular weight excluding hydrogens is 162 g/mol. The first-order chi connectivity index (χ1) is 6.05. The Labute approximate surface area is 82.4 Å². The van der Waals surface area contributed by atoms with Crippen LogP contribution in [0.25, 0.3) is 0 Å². The van der Waals surface area contributed by atoms with Gasteiger partial charge in [0.25, 0.3) is 0 Å². The largest absolute Gasteiger partial charge is 0.326 e. The van der Waals surface area contributed by atoms with Crippen molar-refractivity contribution in [1.29, 1.82) is 0 Å². The lowest BCUT2D eigenvalue weighted by Crippen LogP contribution is -2.61. The zero-order valence-electron chi connectivity index (χ0n) is 9.51. The fraction of sp³-hybridized carbons (Fsp3) is 1.00. The summed E-state index contributed by atoms with van der Waals surface area (Å²) in [6, 6.07) is 0.124. The van der Waals surface area contributed by atoms with E-state index in [0.29, 0.717) is 0 Å². The van der Waals surface area contributed by atoms with E-state index >= 15 is 0 Å². The van der Waals surface area contributed by atoms with Crippen LogP contribution in [0.1, 0.15) is 47.0 Å². The van der Waals surface area contributed by atoms with Gasteiger partial charge in [0.05, 0.1) is 0 Å². The second-order valence-corrected chi connectivity index (χ2v) is 3.79. The van der Waals surface area contributed by atoms with Crippen molar-refractivity contribution in [2.45, 2.75) is 58.5 Å². The van der Waals surface area contributed by atoms with Crippen LogP contribution in [0.5, 0.6) is 0 Å². The van der Waals surface area contributed by atoms with E-state index in [1.807, 2.05) is 11.9 Å². The molecule has 0 aromatic carbocycles. The van der Waals surface area contributed by atoms with Crippen molar-refractivity contribution in [1.82, 2.24) is 5.01 Å². The molecule has 0 saturated carbocycles. The third-order valence-corrected chi connectivity index (χ3v) is 3.11. The van der Waals surface area contributed by atoms with E-state index in [0.717, 1.165) is 25.8 Å². The Morgan fingerprint density at radius 3 is 1.92 bits per heavy atom. The maximum Gasteiger partial charge on any atom is 0.0494 e. The summed E-state index contributed by atoms with van der Waals surface area (Å²) in [5.74, 6) is 6.04. The number of hydrogen-bond acceptors (Lipinski definition) is 3. The van der Waals surface area contributed by atoms with Crippen molar-refractivity contribution in [2.24, 2.45) is 11.6 Å².